The summed E-state index contributed by atoms with van der Waals surface area (Å²) in [6, 6.07) is -0.0197. The fraction of sp³-hybridized carbons (Fsp3) is 0.833. The van der Waals surface area contributed by atoms with E-state index >= 15 is 0 Å². The van der Waals surface area contributed by atoms with Crippen LogP contribution in [0.5, 0.6) is 0 Å². The molecule has 0 aromatic carbocycles. The Hall–Kier alpha value is -1.26. The molecule has 0 radical (unpaired) electrons. The van der Waals surface area contributed by atoms with Gasteiger partial charge >= 0.3 is 6.03 Å². The fourth-order valence-electron chi connectivity index (χ4n) is 2.55. The third-order valence-corrected chi connectivity index (χ3v) is 3.40. The number of carbonyl (C=O) groups excluding carboxylic acids is 2. The van der Waals surface area contributed by atoms with Gasteiger partial charge in [0.25, 0.3) is 0 Å². The van der Waals surface area contributed by atoms with Crippen molar-refractivity contribution in [2.24, 2.45) is 5.41 Å². The Labute approximate surface area is 102 Å². The molecule has 5 nitrogen and oxygen atoms in total. The van der Waals surface area contributed by atoms with Gasteiger partial charge in [-0.25, -0.2) is 4.79 Å². The van der Waals surface area contributed by atoms with Crippen LogP contribution < -0.4 is 10.6 Å². The average Bonchev–Trinajstić information content (AvgIpc) is 2.72. The Morgan fingerprint density at radius 2 is 2.18 bits per heavy atom. The first kappa shape index (κ1) is 12.2. The molecule has 2 aliphatic rings. The first-order valence-electron chi connectivity index (χ1n) is 6.14. The molecule has 2 aliphatic heterocycles. The minimum Gasteiger partial charge on any atom is -0.355 e. The van der Waals surface area contributed by atoms with Gasteiger partial charge < -0.3 is 15.5 Å². The molecule has 2 fully saturated rings. The molecule has 2 heterocycles. The van der Waals surface area contributed by atoms with Gasteiger partial charge in [0.1, 0.15) is 0 Å². The number of nitrogens with one attached hydrogen (secondary N) is 2. The van der Waals surface area contributed by atoms with E-state index in [1.165, 1.54) is 0 Å². The molecule has 0 aromatic rings. The van der Waals surface area contributed by atoms with Crippen molar-refractivity contribution in [3.8, 4) is 0 Å². The number of urea groups is 1. The highest BCUT2D eigenvalue weighted by atomic mass is 16.2. The maximum absolute atomic E-state index is 12.0. The summed E-state index contributed by atoms with van der Waals surface area (Å²) in [5.74, 6) is 0.114. The number of rotatable bonds is 0. The van der Waals surface area contributed by atoms with Crippen molar-refractivity contribution in [3.05, 3.63) is 0 Å². The lowest BCUT2D eigenvalue weighted by Gasteiger charge is -2.27. The van der Waals surface area contributed by atoms with E-state index in [0.29, 0.717) is 19.5 Å². The predicted molar refractivity (Wildman–Crippen MR) is 64.5 cm³/mol. The van der Waals surface area contributed by atoms with Crippen LogP contribution in [0.3, 0.4) is 0 Å². The molecular formula is C12H21N3O2. The molecule has 5 heteroatoms. The van der Waals surface area contributed by atoms with E-state index in [2.05, 4.69) is 10.6 Å². The Balaban J connectivity index is 1.94. The molecule has 17 heavy (non-hydrogen) atoms. The molecule has 3 amide bonds. The van der Waals surface area contributed by atoms with E-state index in [1.54, 1.807) is 0 Å². The van der Waals surface area contributed by atoms with Crippen LogP contribution in [0.15, 0.2) is 0 Å². The van der Waals surface area contributed by atoms with Gasteiger partial charge in [0, 0.05) is 37.0 Å². The lowest BCUT2D eigenvalue weighted by atomic mass is 9.86. The number of hydrogen-bond acceptors (Lipinski definition) is 2. The number of nitrogens with zero attached hydrogens (tertiary/aromatic N) is 1. The lowest BCUT2D eigenvalue weighted by Crippen LogP contribution is -2.48. The van der Waals surface area contributed by atoms with Crippen molar-refractivity contribution in [1.82, 2.24) is 15.5 Å². The van der Waals surface area contributed by atoms with E-state index in [1.807, 2.05) is 25.7 Å². The maximum atomic E-state index is 12.0. The van der Waals surface area contributed by atoms with Crippen molar-refractivity contribution < 1.29 is 9.59 Å². The highest BCUT2D eigenvalue weighted by molar-refractivity contribution is 5.80. The van der Waals surface area contributed by atoms with Crippen LogP contribution in [-0.2, 0) is 4.79 Å². The predicted octanol–water partition coefficient (Wildman–Crippen LogP) is 0.706. The molecule has 0 aromatic heterocycles. The summed E-state index contributed by atoms with van der Waals surface area (Å²) in [7, 11) is 0. The van der Waals surface area contributed by atoms with Gasteiger partial charge in [0.15, 0.2) is 0 Å². The highest BCUT2D eigenvalue weighted by Gasteiger charge is 2.45. The molecule has 2 saturated heterocycles. The highest BCUT2D eigenvalue weighted by Crippen LogP contribution is 2.36. The van der Waals surface area contributed by atoms with Crippen LogP contribution in [-0.4, -0.2) is 42.0 Å². The Kier molecular flexibility index (Phi) is 2.79. The lowest BCUT2D eigenvalue weighted by molar-refractivity contribution is -0.119. The molecule has 0 bridgehead atoms. The molecule has 1 atom stereocenters. The zero-order valence-electron chi connectivity index (χ0n) is 10.8. The van der Waals surface area contributed by atoms with Crippen LogP contribution >= 0.6 is 0 Å². The van der Waals surface area contributed by atoms with E-state index < -0.39 is 0 Å². The summed E-state index contributed by atoms with van der Waals surface area (Å²) in [4.78, 5) is 25.1. The summed E-state index contributed by atoms with van der Waals surface area (Å²) in [6.07, 6.45) is 1.48. The van der Waals surface area contributed by atoms with Gasteiger partial charge in [-0.1, -0.05) is 0 Å². The van der Waals surface area contributed by atoms with Crippen LogP contribution in [0.4, 0.5) is 4.79 Å². The van der Waals surface area contributed by atoms with Crippen LogP contribution in [0.1, 0.15) is 33.6 Å². The van der Waals surface area contributed by atoms with Gasteiger partial charge in [0.05, 0.1) is 0 Å². The number of hydrogen-bond donors (Lipinski definition) is 2. The molecule has 1 spiro atoms. The molecule has 0 saturated carbocycles. The molecule has 2 N–H and O–H groups in total. The number of likely N-dealkylation sites (tertiary alicyclic amines) is 1. The van der Waals surface area contributed by atoms with Gasteiger partial charge in [-0.2, -0.15) is 0 Å². The molecule has 0 aliphatic carbocycles. The summed E-state index contributed by atoms with van der Waals surface area (Å²) in [6.45, 7) is 8.06. The van der Waals surface area contributed by atoms with Gasteiger partial charge in [-0.15, -0.1) is 0 Å². The zero-order chi connectivity index (χ0) is 12.7. The quantitative estimate of drug-likeness (QED) is 0.654. The smallest absolute Gasteiger partial charge is 0.317 e. The SMILES string of the molecule is CC(C)(C)NC(=O)N1CCC2(CNC(=O)C2)C1. The Bertz CT molecular complexity index is 348. The monoisotopic (exact) mass is 239 g/mol. The summed E-state index contributed by atoms with van der Waals surface area (Å²) in [5.41, 5.74) is -0.219. The first-order valence-corrected chi connectivity index (χ1v) is 6.14. The zero-order valence-corrected chi connectivity index (χ0v) is 10.8. The van der Waals surface area contributed by atoms with Crippen molar-refractivity contribution in [2.45, 2.75) is 39.2 Å². The molecular weight excluding hydrogens is 218 g/mol. The van der Waals surface area contributed by atoms with E-state index in [0.717, 1.165) is 13.0 Å². The third kappa shape index (κ3) is 2.70. The number of amides is 3. The minimum atomic E-state index is -0.212. The first-order chi connectivity index (χ1) is 7.80. The number of carbonyl (C=O) groups is 2. The van der Waals surface area contributed by atoms with E-state index in [9.17, 15) is 9.59 Å². The van der Waals surface area contributed by atoms with Crippen molar-refractivity contribution in [1.29, 1.82) is 0 Å². The van der Waals surface area contributed by atoms with Gasteiger partial charge in [0.2, 0.25) is 5.91 Å². The van der Waals surface area contributed by atoms with Crippen molar-refractivity contribution in [2.75, 3.05) is 19.6 Å². The minimum absolute atomic E-state index is 0.00763. The third-order valence-electron chi connectivity index (χ3n) is 3.40. The second-order valence-electron chi connectivity index (χ2n) is 6.31. The van der Waals surface area contributed by atoms with Gasteiger partial charge in [-0.3, -0.25) is 4.79 Å². The molecule has 1 unspecified atom stereocenters. The van der Waals surface area contributed by atoms with E-state index in [4.69, 9.17) is 0 Å². The Morgan fingerprint density at radius 3 is 2.71 bits per heavy atom. The topological polar surface area (TPSA) is 61.4 Å². The average molecular weight is 239 g/mol. The summed E-state index contributed by atoms with van der Waals surface area (Å²) >= 11 is 0. The van der Waals surface area contributed by atoms with Crippen LogP contribution in [0.2, 0.25) is 0 Å². The largest absolute Gasteiger partial charge is 0.355 e. The summed E-state index contributed by atoms with van der Waals surface area (Å²) in [5, 5.41) is 5.82. The second kappa shape index (κ2) is 3.89. The normalized spacial score (nSPS) is 28.6. The Morgan fingerprint density at radius 1 is 1.47 bits per heavy atom. The molecule has 96 valence electrons. The van der Waals surface area contributed by atoms with Crippen molar-refractivity contribution >= 4 is 11.9 Å². The fourth-order valence-corrected chi connectivity index (χ4v) is 2.55. The summed E-state index contributed by atoms with van der Waals surface area (Å²) < 4.78 is 0. The maximum Gasteiger partial charge on any atom is 0.317 e. The van der Waals surface area contributed by atoms with Crippen LogP contribution in [0, 0.1) is 5.41 Å². The second-order valence-corrected chi connectivity index (χ2v) is 6.31. The van der Waals surface area contributed by atoms with Gasteiger partial charge in [-0.05, 0) is 27.2 Å². The standard InChI is InChI=1S/C12H21N3O2/c1-11(2,3)14-10(17)15-5-4-12(8-15)6-9(16)13-7-12/h4-8H2,1-3H3,(H,13,16)(H,14,17). The van der Waals surface area contributed by atoms with Crippen molar-refractivity contribution in [3.63, 3.8) is 0 Å². The van der Waals surface area contributed by atoms with Crippen LogP contribution in [0.25, 0.3) is 0 Å². The van der Waals surface area contributed by atoms with E-state index in [-0.39, 0.29) is 22.9 Å². The molecule has 2 rings (SSSR count).